The molecule has 0 saturated carbocycles. The van der Waals surface area contributed by atoms with Crippen LogP contribution in [0.3, 0.4) is 0 Å². The third-order valence-corrected chi connectivity index (χ3v) is 4.30. The highest BCUT2D eigenvalue weighted by atomic mass is 32.2. The zero-order valence-electron chi connectivity index (χ0n) is 10.1. The van der Waals surface area contributed by atoms with Crippen molar-refractivity contribution in [1.82, 2.24) is 4.31 Å². The van der Waals surface area contributed by atoms with Crippen LogP contribution in [0.4, 0.5) is 4.39 Å². The molecule has 5 nitrogen and oxygen atoms in total. The summed E-state index contributed by atoms with van der Waals surface area (Å²) in [4.78, 5) is 10.1. The summed E-state index contributed by atoms with van der Waals surface area (Å²) in [7, 11) is -4.12. The molecule has 0 spiro atoms. The third-order valence-electron chi connectivity index (χ3n) is 2.37. The van der Waals surface area contributed by atoms with Gasteiger partial charge in [0.1, 0.15) is 17.3 Å². The van der Waals surface area contributed by atoms with Gasteiger partial charge in [-0.2, -0.15) is 4.31 Å². The number of carbonyl (C=O) groups is 1. The number of aliphatic carboxylic acids is 1. The lowest BCUT2D eigenvalue weighted by molar-refractivity contribution is -0.137. The van der Waals surface area contributed by atoms with E-state index in [4.69, 9.17) is 5.11 Å². The molecular formula is C11H14FNO4S. The number of sulfonamides is 1. The number of likely N-dealkylation sites (N-methyl/N-ethyl adjacent to an activating group) is 1. The molecule has 0 saturated heterocycles. The van der Waals surface area contributed by atoms with Crippen LogP contribution >= 0.6 is 0 Å². The van der Waals surface area contributed by atoms with Crippen LogP contribution in [0.25, 0.3) is 0 Å². The maximum absolute atomic E-state index is 13.5. The van der Waals surface area contributed by atoms with Gasteiger partial charge in [0.05, 0.1) is 0 Å². The zero-order valence-corrected chi connectivity index (χ0v) is 10.9. The van der Waals surface area contributed by atoms with E-state index in [9.17, 15) is 17.6 Å². The van der Waals surface area contributed by atoms with Gasteiger partial charge in [0, 0.05) is 6.54 Å². The lowest BCUT2D eigenvalue weighted by atomic mass is 10.2. The smallest absolute Gasteiger partial charge is 0.318 e. The lowest BCUT2D eigenvalue weighted by Crippen LogP contribution is -2.35. The number of benzene rings is 1. The minimum absolute atomic E-state index is 0.0397. The van der Waals surface area contributed by atoms with Crippen molar-refractivity contribution in [2.45, 2.75) is 18.7 Å². The van der Waals surface area contributed by atoms with Gasteiger partial charge >= 0.3 is 5.97 Å². The summed E-state index contributed by atoms with van der Waals surface area (Å²) >= 11 is 0. The molecule has 0 heterocycles. The summed E-state index contributed by atoms with van der Waals surface area (Å²) in [5.74, 6) is -2.17. The maximum atomic E-state index is 13.5. The fourth-order valence-electron chi connectivity index (χ4n) is 1.46. The third kappa shape index (κ3) is 3.05. The quantitative estimate of drug-likeness (QED) is 0.877. The molecule has 7 heteroatoms. The Hall–Kier alpha value is -1.47. The molecule has 0 aromatic heterocycles. The van der Waals surface area contributed by atoms with Gasteiger partial charge in [0.2, 0.25) is 10.0 Å². The molecule has 0 aliphatic rings. The van der Waals surface area contributed by atoms with Gasteiger partial charge in [-0.1, -0.05) is 13.0 Å². The molecule has 0 bridgehead atoms. The average molecular weight is 275 g/mol. The number of aryl methyl sites for hydroxylation is 1. The van der Waals surface area contributed by atoms with E-state index in [1.165, 1.54) is 19.1 Å². The first-order chi connectivity index (χ1) is 8.28. The van der Waals surface area contributed by atoms with Crippen molar-refractivity contribution in [3.05, 3.63) is 29.6 Å². The number of carboxylic acids is 1. The topological polar surface area (TPSA) is 74.7 Å². The molecule has 0 aliphatic heterocycles. The largest absolute Gasteiger partial charge is 0.480 e. The molecule has 0 radical (unpaired) electrons. The van der Waals surface area contributed by atoms with E-state index in [2.05, 4.69) is 0 Å². The average Bonchev–Trinajstić information content (AvgIpc) is 2.28. The van der Waals surface area contributed by atoms with Crippen molar-refractivity contribution in [2.75, 3.05) is 13.1 Å². The first-order valence-electron chi connectivity index (χ1n) is 5.27. The van der Waals surface area contributed by atoms with E-state index in [1.807, 2.05) is 0 Å². The van der Waals surface area contributed by atoms with Gasteiger partial charge in [-0.15, -0.1) is 0 Å². The standard InChI is InChI=1S/C11H14FNO4S/c1-3-13(7-11(14)15)18(16,17)10-6-8(2)4-5-9(10)12/h4-6H,3,7H2,1-2H3,(H,14,15). The molecule has 0 unspecified atom stereocenters. The Morgan fingerprint density at radius 1 is 1.44 bits per heavy atom. The minimum atomic E-state index is -4.12. The Labute approximate surface area is 105 Å². The molecule has 1 N–H and O–H groups in total. The van der Waals surface area contributed by atoms with E-state index in [0.29, 0.717) is 9.87 Å². The summed E-state index contributed by atoms with van der Waals surface area (Å²) in [6.07, 6.45) is 0. The van der Waals surface area contributed by atoms with Crippen LogP contribution in [-0.2, 0) is 14.8 Å². The molecule has 18 heavy (non-hydrogen) atoms. The zero-order chi connectivity index (χ0) is 13.9. The summed E-state index contributed by atoms with van der Waals surface area (Å²) in [5.41, 5.74) is 0.585. The lowest BCUT2D eigenvalue weighted by Gasteiger charge is -2.18. The highest BCUT2D eigenvalue weighted by Crippen LogP contribution is 2.20. The first kappa shape index (κ1) is 14.6. The van der Waals surface area contributed by atoms with Crippen molar-refractivity contribution < 1.29 is 22.7 Å². The second kappa shape index (κ2) is 5.45. The van der Waals surface area contributed by atoms with Crippen LogP contribution in [0.2, 0.25) is 0 Å². The van der Waals surface area contributed by atoms with E-state index >= 15 is 0 Å². The Morgan fingerprint density at radius 3 is 2.56 bits per heavy atom. The second-order valence-corrected chi connectivity index (χ2v) is 5.67. The van der Waals surface area contributed by atoms with Crippen LogP contribution in [-0.4, -0.2) is 36.9 Å². The van der Waals surface area contributed by atoms with Crippen molar-refractivity contribution >= 4 is 16.0 Å². The molecule has 1 aromatic carbocycles. The number of hydrogen-bond acceptors (Lipinski definition) is 3. The molecule has 100 valence electrons. The number of nitrogens with zero attached hydrogens (tertiary/aromatic N) is 1. The number of hydrogen-bond donors (Lipinski definition) is 1. The van der Waals surface area contributed by atoms with Crippen LogP contribution in [0, 0.1) is 12.7 Å². The molecule has 1 aromatic rings. The summed E-state index contributed by atoms with van der Waals surface area (Å²) in [5, 5.41) is 8.65. The molecule has 0 aliphatic carbocycles. The van der Waals surface area contributed by atoms with Gasteiger partial charge < -0.3 is 5.11 Å². The van der Waals surface area contributed by atoms with Gasteiger partial charge in [0.25, 0.3) is 0 Å². The van der Waals surface area contributed by atoms with E-state index < -0.39 is 33.3 Å². The summed E-state index contributed by atoms with van der Waals surface area (Å²) in [6.45, 7) is 2.40. The van der Waals surface area contributed by atoms with E-state index in [-0.39, 0.29) is 6.54 Å². The van der Waals surface area contributed by atoms with E-state index in [0.717, 1.165) is 6.07 Å². The second-order valence-electron chi connectivity index (χ2n) is 3.76. The Kier molecular flexibility index (Phi) is 4.42. The van der Waals surface area contributed by atoms with Crippen molar-refractivity contribution in [3.8, 4) is 0 Å². The molecule has 0 fully saturated rings. The first-order valence-corrected chi connectivity index (χ1v) is 6.71. The highest BCUT2D eigenvalue weighted by Gasteiger charge is 2.27. The van der Waals surface area contributed by atoms with Gasteiger partial charge in [-0.05, 0) is 24.6 Å². The fourth-order valence-corrected chi connectivity index (χ4v) is 3.01. The van der Waals surface area contributed by atoms with Crippen LogP contribution < -0.4 is 0 Å². The number of halogens is 1. The Balaban J connectivity index is 3.26. The Morgan fingerprint density at radius 2 is 2.06 bits per heavy atom. The van der Waals surface area contributed by atoms with Gasteiger partial charge in [0.15, 0.2) is 0 Å². The fraction of sp³-hybridized carbons (Fsp3) is 0.364. The summed E-state index contributed by atoms with van der Waals surface area (Å²) in [6, 6.07) is 3.69. The van der Waals surface area contributed by atoms with Gasteiger partial charge in [-0.25, -0.2) is 12.8 Å². The van der Waals surface area contributed by atoms with Crippen molar-refractivity contribution in [3.63, 3.8) is 0 Å². The predicted molar refractivity (Wildman–Crippen MR) is 63.2 cm³/mol. The van der Waals surface area contributed by atoms with Crippen molar-refractivity contribution in [2.24, 2.45) is 0 Å². The van der Waals surface area contributed by atoms with Crippen LogP contribution in [0.15, 0.2) is 23.1 Å². The monoisotopic (exact) mass is 275 g/mol. The van der Waals surface area contributed by atoms with Crippen LogP contribution in [0.5, 0.6) is 0 Å². The molecule has 1 rings (SSSR count). The summed E-state index contributed by atoms with van der Waals surface area (Å²) < 4.78 is 38.5. The molecule has 0 amide bonds. The van der Waals surface area contributed by atoms with Gasteiger partial charge in [-0.3, -0.25) is 4.79 Å². The van der Waals surface area contributed by atoms with Crippen LogP contribution in [0.1, 0.15) is 12.5 Å². The number of rotatable bonds is 5. The molecular weight excluding hydrogens is 261 g/mol. The van der Waals surface area contributed by atoms with Crippen molar-refractivity contribution in [1.29, 1.82) is 0 Å². The van der Waals surface area contributed by atoms with E-state index in [1.54, 1.807) is 6.92 Å². The number of carboxylic acid groups (broad SMARTS) is 1. The Bertz CT molecular complexity index is 556. The normalized spacial score (nSPS) is 11.8. The molecule has 0 atom stereocenters. The predicted octanol–water partition coefficient (Wildman–Crippen LogP) is 1.23. The SMILES string of the molecule is CCN(CC(=O)O)S(=O)(=O)c1cc(C)ccc1F. The minimum Gasteiger partial charge on any atom is -0.480 e. The maximum Gasteiger partial charge on any atom is 0.318 e. The highest BCUT2D eigenvalue weighted by molar-refractivity contribution is 7.89.